The number of hydrogen-bond acceptors (Lipinski definition) is 3. The molecule has 0 atom stereocenters. The van der Waals surface area contributed by atoms with E-state index in [1.807, 2.05) is 0 Å². The molecule has 0 bridgehead atoms. The Labute approximate surface area is 133 Å². The molecule has 1 aliphatic carbocycles. The molecule has 0 saturated heterocycles. The van der Waals surface area contributed by atoms with E-state index in [0.717, 1.165) is 12.8 Å². The molecule has 1 aromatic carbocycles. The monoisotopic (exact) mass is 315 g/mol. The number of terminal acetylenes is 1. The quantitative estimate of drug-likeness (QED) is 0.636. The van der Waals surface area contributed by atoms with Crippen LogP contribution in [0.15, 0.2) is 29.3 Å². The van der Waals surface area contributed by atoms with Crippen molar-refractivity contribution in [2.45, 2.75) is 25.7 Å². The van der Waals surface area contributed by atoms with Crippen molar-refractivity contribution in [1.82, 2.24) is 0 Å². The van der Waals surface area contributed by atoms with Crippen molar-refractivity contribution in [2.24, 2.45) is 0 Å². The first kappa shape index (κ1) is 14.7. The Balaban J connectivity index is 1.94. The third-order valence-corrected chi connectivity index (χ3v) is 4.19. The Kier molecular flexibility index (Phi) is 3.91. The summed E-state index contributed by atoms with van der Waals surface area (Å²) >= 11 is 6.04. The zero-order chi connectivity index (χ0) is 15.7. The Morgan fingerprint density at radius 2 is 1.82 bits per heavy atom. The standard InChI is InChI=1S/C17H14ClNO3/c1-2-9-22-15-10-11(7-8-14(15)18)19-16(20)12-5-3-4-6-13(12)17(19)21/h1,7-8,10H,3-6,9H2. The minimum atomic E-state index is -0.232. The molecule has 0 radical (unpaired) electrons. The SMILES string of the molecule is C#CCOc1cc(N2C(=O)C3=C(CCCC3)C2=O)ccc1Cl. The summed E-state index contributed by atoms with van der Waals surface area (Å²) in [5.74, 6) is 2.25. The van der Waals surface area contributed by atoms with Crippen LogP contribution in [0.4, 0.5) is 5.69 Å². The van der Waals surface area contributed by atoms with Crippen LogP contribution in [0.2, 0.25) is 5.02 Å². The third kappa shape index (κ3) is 2.38. The molecule has 0 spiro atoms. The van der Waals surface area contributed by atoms with Crippen LogP contribution in [-0.4, -0.2) is 18.4 Å². The number of benzene rings is 1. The highest BCUT2D eigenvalue weighted by Gasteiger charge is 2.39. The number of imide groups is 1. The van der Waals surface area contributed by atoms with Crippen molar-refractivity contribution in [3.05, 3.63) is 34.4 Å². The maximum absolute atomic E-state index is 12.5. The van der Waals surface area contributed by atoms with Crippen LogP contribution in [0.25, 0.3) is 0 Å². The van der Waals surface area contributed by atoms with Gasteiger partial charge in [-0.25, -0.2) is 4.90 Å². The number of carbonyl (C=O) groups excluding carboxylic acids is 2. The molecule has 0 fully saturated rings. The Morgan fingerprint density at radius 1 is 1.18 bits per heavy atom. The van der Waals surface area contributed by atoms with Gasteiger partial charge in [0.1, 0.15) is 12.4 Å². The Bertz CT molecular complexity index is 702. The van der Waals surface area contributed by atoms with Gasteiger partial charge in [-0.15, -0.1) is 6.42 Å². The van der Waals surface area contributed by atoms with Gasteiger partial charge in [-0.05, 0) is 37.8 Å². The van der Waals surface area contributed by atoms with E-state index in [4.69, 9.17) is 22.8 Å². The van der Waals surface area contributed by atoms with Gasteiger partial charge >= 0.3 is 0 Å². The number of rotatable bonds is 3. The highest BCUT2D eigenvalue weighted by molar-refractivity contribution is 6.34. The van der Waals surface area contributed by atoms with Crippen LogP contribution in [0.1, 0.15) is 25.7 Å². The normalized spacial score (nSPS) is 17.5. The molecule has 1 aromatic rings. The highest BCUT2D eigenvalue weighted by atomic mass is 35.5. The zero-order valence-electron chi connectivity index (χ0n) is 11.9. The van der Waals surface area contributed by atoms with E-state index in [1.54, 1.807) is 18.2 Å². The minimum Gasteiger partial charge on any atom is -0.479 e. The summed E-state index contributed by atoms with van der Waals surface area (Å²) in [4.78, 5) is 26.2. The lowest BCUT2D eigenvalue weighted by Gasteiger charge is -2.16. The van der Waals surface area contributed by atoms with Gasteiger partial charge in [0.2, 0.25) is 0 Å². The second-order valence-corrected chi connectivity index (χ2v) is 5.62. The van der Waals surface area contributed by atoms with Crippen LogP contribution < -0.4 is 9.64 Å². The average Bonchev–Trinajstić information content (AvgIpc) is 2.79. The van der Waals surface area contributed by atoms with Crippen LogP contribution in [-0.2, 0) is 9.59 Å². The summed E-state index contributed by atoms with van der Waals surface area (Å²) in [5, 5.41) is 0.385. The summed E-state index contributed by atoms with van der Waals surface area (Å²) in [6, 6.07) is 4.81. The second-order valence-electron chi connectivity index (χ2n) is 5.22. The van der Waals surface area contributed by atoms with Crippen LogP contribution >= 0.6 is 11.6 Å². The summed E-state index contributed by atoms with van der Waals surface area (Å²) < 4.78 is 5.34. The number of ether oxygens (including phenoxy) is 1. The van der Waals surface area contributed by atoms with E-state index in [2.05, 4.69) is 5.92 Å². The van der Waals surface area contributed by atoms with Gasteiger partial charge < -0.3 is 4.74 Å². The summed E-state index contributed by atoms with van der Waals surface area (Å²) in [5.41, 5.74) is 1.76. The molecule has 2 amide bonds. The van der Waals surface area contributed by atoms with E-state index in [-0.39, 0.29) is 18.4 Å². The largest absolute Gasteiger partial charge is 0.479 e. The predicted octanol–water partition coefficient (Wildman–Crippen LogP) is 3.10. The van der Waals surface area contributed by atoms with E-state index in [9.17, 15) is 9.59 Å². The molecule has 1 aliphatic heterocycles. The Morgan fingerprint density at radius 3 is 2.41 bits per heavy atom. The molecule has 2 aliphatic rings. The first-order chi connectivity index (χ1) is 10.6. The van der Waals surface area contributed by atoms with E-state index >= 15 is 0 Å². The van der Waals surface area contributed by atoms with Gasteiger partial charge in [0, 0.05) is 17.2 Å². The van der Waals surface area contributed by atoms with Gasteiger partial charge in [0.25, 0.3) is 11.8 Å². The topological polar surface area (TPSA) is 46.6 Å². The number of nitrogens with zero attached hydrogens (tertiary/aromatic N) is 1. The van der Waals surface area contributed by atoms with Gasteiger partial charge in [-0.3, -0.25) is 9.59 Å². The minimum absolute atomic E-state index is 0.0693. The first-order valence-electron chi connectivity index (χ1n) is 7.10. The summed E-state index contributed by atoms with van der Waals surface area (Å²) in [6.45, 7) is 0.0693. The molecule has 3 rings (SSSR count). The molecule has 0 unspecified atom stereocenters. The fraction of sp³-hybridized carbons (Fsp3) is 0.294. The van der Waals surface area contributed by atoms with Crippen molar-refractivity contribution in [3.63, 3.8) is 0 Å². The molecule has 5 heteroatoms. The van der Waals surface area contributed by atoms with E-state index in [0.29, 0.717) is 40.4 Å². The lowest BCUT2D eigenvalue weighted by Crippen LogP contribution is -2.31. The number of amides is 2. The maximum Gasteiger partial charge on any atom is 0.261 e. The summed E-state index contributed by atoms with van der Waals surface area (Å²) in [6.07, 6.45) is 8.40. The summed E-state index contributed by atoms with van der Waals surface area (Å²) in [7, 11) is 0. The number of anilines is 1. The zero-order valence-corrected chi connectivity index (χ0v) is 12.7. The van der Waals surface area contributed by atoms with Crippen LogP contribution in [0.3, 0.4) is 0 Å². The fourth-order valence-electron chi connectivity index (χ4n) is 2.84. The Hall–Kier alpha value is -2.25. The van der Waals surface area contributed by atoms with Gasteiger partial charge in [-0.2, -0.15) is 0 Å². The number of halogens is 1. The molecule has 4 nitrogen and oxygen atoms in total. The molecule has 0 aromatic heterocycles. The van der Waals surface area contributed by atoms with Crippen molar-refractivity contribution < 1.29 is 14.3 Å². The lowest BCUT2D eigenvalue weighted by atomic mass is 9.93. The van der Waals surface area contributed by atoms with E-state index < -0.39 is 0 Å². The fourth-order valence-corrected chi connectivity index (χ4v) is 3.01. The molecule has 0 N–H and O–H groups in total. The maximum atomic E-state index is 12.5. The van der Waals surface area contributed by atoms with Crippen molar-refractivity contribution in [1.29, 1.82) is 0 Å². The predicted molar refractivity (Wildman–Crippen MR) is 83.8 cm³/mol. The van der Waals surface area contributed by atoms with Gasteiger partial charge in [0.15, 0.2) is 0 Å². The number of carbonyl (C=O) groups is 2. The van der Waals surface area contributed by atoms with Crippen LogP contribution in [0.5, 0.6) is 5.75 Å². The van der Waals surface area contributed by atoms with Crippen LogP contribution in [0, 0.1) is 12.3 Å². The lowest BCUT2D eigenvalue weighted by molar-refractivity contribution is -0.120. The molecular formula is C17H14ClNO3. The molecule has 22 heavy (non-hydrogen) atoms. The smallest absolute Gasteiger partial charge is 0.261 e. The molecule has 0 saturated carbocycles. The van der Waals surface area contributed by atoms with Gasteiger partial charge in [-0.1, -0.05) is 17.5 Å². The number of hydrogen-bond donors (Lipinski definition) is 0. The van der Waals surface area contributed by atoms with Crippen molar-refractivity contribution >= 4 is 29.1 Å². The second kappa shape index (κ2) is 5.86. The van der Waals surface area contributed by atoms with Gasteiger partial charge in [0.05, 0.1) is 10.7 Å². The molecular weight excluding hydrogens is 302 g/mol. The average molecular weight is 316 g/mol. The van der Waals surface area contributed by atoms with Crippen molar-refractivity contribution in [2.75, 3.05) is 11.5 Å². The highest BCUT2D eigenvalue weighted by Crippen LogP contribution is 2.37. The van der Waals surface area contributed by atoms with Crippen molar-refractivity contribution in [3.8, 4) is 18.1 Å². The molecule has 1 heterocycles. The third-order valence-electron chi connectivity index (χ3n) is 3.87. The first-order valence-corrected chi connectivity index (χ1v) is 7.48. The molecule has 112 valence electrons. The van der Waals surface area contributed by atoms with E-state index in [1.165, 1.54) is 4.90 Å².